The fourth-order valence-corrected chi connectivity index (χ4v) is 8.80. The topological polar surface area (TPSA) is 9.72 Å². The van der Waals surface area contributed by atoms with E-state index in [2.05, 4.69) is 227 Å². The second-order valence-corrected chi connectivity index (χ2v) is 16.6. The van der Waals surface area contributed by atoms with Crippen LogP contribution >= 0.6 is 0 Å². The first-order chi connectivity index (χ1) is 27.5. The molecule has 0 N–H and O–H groups in total. The minimum atomic E-state index is -0.0264. The van der Waals surface area contributed by atoms with Gasteiger partial charge in [0, 0.05) is 45.2 Å². The van der Waals surface area contributed by atoms with Gasteiger partial charge in [-0.05, 0) is 156 Å². The monoisotopic (exact) mass is 739 g/mol. The van der Waals surface area contributed by atoms with E-state index in [-0.39, 0.29) is 5.41 Å². The van der Waals surface area contributed by atoms with Crippen molar-refractivity contribution in [1.82, 2.24) is 0 Å². The lowest BCUT2D eigenvalue weighted by molar-refractivity contribution is 0.591. The first-order valence-electron chi connectivity index (χ1n) is 20.0. The minimum Gasteiger partial charge on any atom is -0.310 e. The molecular formula is C54H49N3. The second-order valence-electron chi connectivity index (χ2n) is 16.6. The molecule has 0 fully saturated rings. The minimum absolute atomic E-state index is 0.0264. The fourth-order valence-electron chi connectivity index (χ4n) is 8.80. The van der Waals surface area contributed by atoms with Crippen molar-refractivity contribution in [1.29, 1.82) is 0 Å². The van der Waals surface area contributed by atoms with Gasteiger partial charge in [-0.3, -0.25) is 0 Å². The zero-order valence-electron chi connectivity index (χ0n) is 34.1. The summed E-state index contributed by atoms with van der Waals surface area (Å²) >= 11 is 0. The van der Waals surface area contributed by atoms with E-state index in [1.165, 1.54) is 49.4 Å². The van der Waals surface area contributed by atoms with Crippen LogP contribution in [0.15, 0.2) is 164 Å². The summed E-state index contributed by atoms with van der Waals surface area (Å²) in [5, 5.41) is 5.06. The van der Waals surface area contributed by atoms with Crippen LogP contribution < -0.4 is 14.7 Å². The molecule has 3 nitrogen and oxygen atoms in total. The maximum absolute atomic E-state index is 4.62. The Labute approximate surface area is 337 Å². The van der Waals surface area contributed by atoms with Gasteiger partial charge in [-0.1, -0.05) is 112 Å². The van der Waals surface area contributed by atoms with Gasteiger partial charge < -0.3 is 14.7 Å². The van der Waals surface area contributed by atoms with Gasteiger partial charge in [0.05, 0.1) is 11.4 Å². The first kappa shape index (κ1) is 36.1. The largest absolute Gasteiger partial charge is 0.310 e. The van der Waals surface area contributed by atoms with E-state index < -0.39 is 0 Å². The summed E-state index contributed by atoms with van der Waals surface area (Å²) in [4.78, 5) is 7.30. The molecule has 8 aromatic carbocycles. The van der Waals surface area contributed by atoms with Gasteiger partial charge in [0.2, 0.25) is 0 Å². The van der Waals surface area contributed by atoms with Crippen LogP contribution in [0.4, 0.5) is 51.2 Å². The quantitative estimate of drug-likeness (QED) is 0.166. The number of nitrogens with zero attached hydrogens (tertiary/aromatic N) is 3. The molecular weight excluding hydrogens is 691 g/mol. The second kappa shape index (κ2) is 13.9. The number of anilines is 9. The molecule has 57 heavy (non-hydrogen) atoms. The number of fused-ring (bicyclic) bond motifs is 10. The molecule has 0 aliphatic carbocycles. The Bertz CT molecular complexity index is 2830. The Kier molecular flexibility index (Phi) is 8.78. The molecule has 0 unspecified atom stereocenters. The number of allylic oxidation sites excluding steroid dienone is 1. The SMILES string of the molecule is C=C(C)c1cc(C(C)(C)C)cc2c(C)c(C)c3c4cc(c(C)c3c12)N(c1ccccc1)c1cccc(c1)N(c1ccccc1)c1cccc(c1)N4c1ccccc1. The van der Waals surface area contributed by atoms with Gasteiger partial charge in [-0.25, -0.2) is 0 Å². The van der Waals surface area contributed by atoms with Crippen molar-refractivity contribution in [3.8, 4) is 0 Å². The maximum atomic E-state index is 4.62. The summed E-state index contributed by atoms with van der Waals surface area (Å²) in [6.07, 6.45) is 0. The van der Waals surface area contributed by atoms with Crippen LogP contribution in [-0.2, 0) is 5.41 Å². The van der Waals surface area contributed by atoms with Gasteiger partial charge in [0.25, 0.3) is 0 Å². The summed E-state index contributed by atoms with van der Waals surface area (Å²) in [5.74, 6) is 0. The molecule has 0 aromatic heterocycles. The molecule has 0 radical (unpaired) electrons. The Balaban J connectivity index is 1.53. The molecule has 3 heteroatoms. The zero-order valence-corrected chi connectivity index (χ0v) is 34.1. The van der Waals surface area contributed by atoms with Gasteiger partial charge >= 0.3 is 0 Å². The van der Waals surface area contributed by atoms with Crippen molar-refractivity contribution in [2.45, 2.75) is 53.9 Å². The van der Waals surface area contributed by atoms with Crippen LogP contribution in [0.25, 0.3) is 27.1 Å². The molecule has 1 aliphatic heterocycles. The number of para-hydroxylation sites is 3. The molecule has 8 aromatic rings. The van der Waals surface area contributed by atoms with Gasteiger partial charge in [0.1, 0.15) is 0 Å². The third-order valence-corrected chi connectivity index (χ3v) is 11.8. The molecule has 0 spiro atoms. The average Bonchev–Trinajstić information content (AvgIpc) is 3.21. The maximum Gasteiger partial charge on any atom is 0.0564 e. The number of hydrogen-bond acceptors (Lipinski definition) is 3. The van der Waals surface area contributed by atoms with E-state index in [1.807, 2.05) is 0 Å². The molecule has 1 heterocycles. The number of rotatable bonds is 4. The van der Waals surface area contributed by atoms with E-state index in [4.69, 9.17) is 0 Å². The third-order valence-electron chi connectivity index (χ3n) is 11.8. The van der Waals surface area contributed by atoms with Crippen LogP contribution in [0.1, 0.15) is 55.5 Å². The number of hydrogen-bond donors (Lipinski definition) is 0. The molecule has 6 bridgehead atoms. The van der Waals surface area contributed by atoms with Gasteiger partial charge in [-0.15, -0.1) is 0 Å². The van der Waals surface area contributed by atoms with Crippen molar-refractivity contribution in [2.24, 2.45) is 0 Å². The molecule has 9 rings (SSSR count). The predicted octanol–water partition coefficient (Wildman–Crippen LogP) is 16.0. The molecule has 0 saturated carbocycles. The zero-order chi connectivity index (χ0) is 39.6. The van der Waals surface area contributed by atoms with Crippen LogP contribution in [0.2, 0.25) is 0 Å². The van der Waals surface area contributed by atoms with E-state index in [9.17, 15) is 0 Å². The molecule has 0 saturated heterocycles. The summed E-state index contributed by atoms with van der Waals surface area (Å²) in [6, 6.07) is 57.7. The Morgan fingerprint density at radius 1 is 0.421 bits per heavy atom. The third kappa shape index (κ3) is 6.06. The van der Waals surface area contributed by atoms with E-state index in [0.29, 0.717) is 0 Å². The number of aryl methyl sites for hydroxylation is 3. The highest BCUT2D eigenvalue weighted by Crippen LogP contribution is 2.52. The highest BCUT2D eigenvalue weighted by molar-refractivity contribution is 6.21. The van der Waals surface area contributed by atoms with Crippen LogP contribution in [-0.4, -0.2) is 0 Å². The Hall–Kier alpha value is -6.58. The molecule has 280 valence electrons. The van der Waals surface area contributed by atoms with Crippen molar-refractivity contribution >= 4 is 78.3 Å². The summed E-state index contributed by atoms with van der Waals surface area (Å²) in [7, 11) is 0. The smallest absolute Gasteiger partial charge is 0.0564 e. The van der Waals surface area contributed by atoms with Crippen molar-refractivity contribution in [2.75, 3.05) is 14.7 Å². The standard InChI is InChI=1S/C54H49N3/c1-35(2)47-30-39(54(6,7)8)31-48-36(3)37(4)51-50-34-49(38(5)52(51)53(47)48)56(41-22-14-10-15-23-41)45-28-18-26-43(32-45)55(40-20-12-9-13-21-40)44-27-19-29-46(33-44)57(50)42-24-16-11-17-25-42/h9-34H,1H2,2-8H3. The van der Waals surface area contributed by atoms with Gasteiger partial charge in [0.15, 0.2) is 0 Å². The fraction of sp³-hybridized carbons (Fsp3) is 0.148. The van der Waals surface area contributed by atoms with Crippen LogP contribution in [0.5, 0.6) is 0 Å². The highest BCUT2D eigenvalue weighted by atomic mass is 15.2. The lowest BCUT2D eigenvalue weighted by Gasteiger charge is -2.35. The lowest BCUT2D eigenvalue weighted by atomic mass is 9.79. The Morgan fingerprint density at radius 3 is 1.33 bits per heavy atom. The lowest BCUT2D eigenvalue weighted by Crippen LogP contribution is -2.18. The molecule has 0 amide bonds. The molecule has 1 aliphatic rings. The van der Waals surface area contributed by atoms with Crippen LogP contribution in [0, 0.1) is 20.8 Å². The predicted molar refractivity (Wildman–Crippen MR) is 247 cm³/mol. The highest BCUT2D eigenvalue weighted by Gasteiger charge is 2.29. The first-order valence-corrected chi connectivity index (χ1v) is 20.0. The average molecular weight is 740 g/mol. The summed E-state index contributed by atoms with van der Waals surface area (Å²) < 4.78 is 0. The summed E-state index contributed by atoms with van der Waals surface area (Å²) in [6.45, 7) is 20.7. The molecule has 0 atom stereocenters. The van der Waals surface area contributed by atoms with E-state index in [0.717, 1.165) is 56.8 Å². The summed E-state index contributed by atoms with van der Waals surface area (Å²) in [5.41, 5.74) is 17.2. The number of benzene rings is 8. The normalized spacial score (nSPS) is 12.8. The Morgan fingerprint density at radius 2 is 0.860 bits per heavy atom. The van der Waals surface area contributed by atoms with E-state index >= 15 is 0 Å². The van der Waals surface area contributed by atoms with Crippen molar-refractivity contribution in [3.63, 3.8) is 0 Å². The van der Waals surface area contributed by atoms with Gasteiger partial charge in [-0.2, -0.15) is 0 Å². The van der Waals surface area contributed by atoms with Crippen molar-refractivity contribution in [3.05, 3.63) is 192 Å². The van der Waals surface area contributed by atoms with Crippen LogP contribution in [0.3, 0.4) is 0 Å². The van der Waals surface area contributed by atoms with Crippen molar-refractivity contribution < 1.29 is 0 Å². The van der Waals surface area contributed by atoms with E-state index in [1.54, 1.807) is 0 Å².